The first kappa shape index (κ1) is 31.5. The molecule has 2 atom stereocenters. The number of halogens is 7. The fourth-order valence-corrected chi connectivity index (χ4v) is 3.24. The summed E-state index contributed by atoms with van der Waals surface area (Å²) < 4.78 is 103. The lowest BCUT2D eigenvalue weighted by molar-refractivity contribution is -0.170. The fourth-order valence-electron chi connectivity index (χ4n) is 3.24. The number of hydrogen-bond acceptors (Lipinski definition) is 4. The van der Waals surface area contributed by atoms with Crippen LogP contribution in [-0.2, 0) is 33.2 Å². The van der Waals surface area contributed by atoms with Crippen LogP contribution in [0, 0.1) is 5.82 Å². The molecule has 0 spiro atoms. The molecule has 1 unspecified atom stereocenters. The third-order valence-corrected chi connectivity index (χ3v) is 4.81. The number of aliphatic hydroxyl groups is 1. The van der Waals surface area contributed by atoms with Gasteiger partial charge >= 0.3 is 12.4 Å². The van der Waals surface area contributed by atoms with Gasteiger partial charge in [0.1, 0.15) is 12.4 Å². The summed E-state index contributed by atoms with van der Waals surface area (Å²) in [5.41, 5.74) is -2.89. The predicted octanol–water partition coefficient (Wildman–Crippen LogP) is 6.89. The summed E-state index contributed by atoms with van der Waals surface area (Å²) in [5, 5.41) is 9.22. The van der Waals surface area contributed by atoms with Gasteiger partial charge in [-0.2, -0.15) is 26.3 Å². The Bertz CT molecular complexity index is 909. The first-order valence-corrected chi connectivity index (χ1v) is 11.2. The van der Waals surface area contributed by atoms with Gasteiger partial charge in [-0.05, 0) is 61.2 Å². The minimum atomic E-state index is -5.02. The van der Waals surface area contributed by atoms with Crippen LogP contribution in [-0.4, -0.2) is 30.4 Å². The fraction of sp³-hybridized carbons (Fsp3) is 0.480. The Balaban J connectivity index is 0.00000316. The van der Waals surface area contributed by atoms with Gasteiger partial charge in [-0.1, -0.05) is 26.0 Å². The molecule has 0 radical (unpaired) electrons. The van der Waals surface area contributed by atoms with Crippen LogP contribution in [0.3, 0.4) is 0 Å². The highest BCUT2D eigenvalue weighted by Crippen LogP contribution is 2.37. The Morgan fingerprint density at radius 2 is 1.44 bits per heavy atom. The van der Waals surface area contributed by atoms with Crippen LogP contribution in [0.5, 0.6) is 0 Å². The van der Waals surface area contributed by atoms with E-state index in [1.165, 1.54) is 19.1 Å². The summed E-state index contributed by atoms with van der Waals surface area (Å²) in [4.78, 5) is 11.4. The number of carbonyl (C=O) groups is 1. The molecule has 0 aromatic heterocycles. The third kappa shape index (κ3) is 10.2. The van der Waals surface area contributed by atoms with Gasteiger partial charge < -0.3 is 14.6 Å². The van der Waals surface area contributed by atoms with E-state index in [9.17, 15) is 40.6 Å². The molecular formula is C25H29F7O4. The maximum Gasteiger partial charge on any atom is 0.416 e. The van der Waals surface area contributed by atoms with Crippen LogP contribution in [0.1, 0.15) is 61.8 Å². The Labute approximate surface area is 205 Å². The first-order valence-electron chi connectivity index (χ1n) is 11.2. The van der Waals surface area contributed by atoms with Crippen molar-refractivity contribution in [2.24, 2.45) is 0 Å². The number of ketones is 1. The Kier molecular flexibility index (Phi) is 12.5. The summed E-state index contributed by atoms with van der Waals surface area (Å²) in [6, 6.07) is 6.23. The van der Waals surface area contributed by atoms with Gasteiger partial charge in [0, 0.05) is 12.5 Å². The molecule has 0 heterocycles. The topological polar surface area (TPSA) is 55.8 Å². The molecule has 202 valence electrons. The zero-order valence-electron chi connectivity index (χ0n) is 20.0. The van der Waals surface area contributed by atoms with Crippen LogP contribution in [0.4, 0.5) is 30.7 Å². The minimum absolute atomic E-state index is 0.00972. The van der Waals surface area contributed by atoms with Crippen molar-refractivity contribution in [3.63, 3.8) is 0 Å². The van der Waals surface area contributed by atoms with Crippen molar-refractivity contribution in [1.82, 2.24) is 0 Å². The van der Waals surface area contributed by atoms with E-state index >= 15 is 0 Å². The van der Waals surface area contributed by atoms with E-state index in [1.54, 1.807) is 0 Å². The lowest BCUT2D eigenvalue weighted by Gasteiger charge is -2.28. The maximum absolute atomic E-state index is 13.4. The van der Waals surface area contributed by atoms with Crippen molar-refractivity contribution < 1.29 is 50.1 Å². The standard InChI is InChI=1S/C23H23F7O4.C2H6/c1-14(32)12-33-21(20(3-2-8-31)16-4-6-19(24)7-5-16)34-13-15-9-17(22(25,26)27)11-18(10-15)23(28,29)30;1-2/h4-7,9-11,20-21,31H,2-3,8,12-13H2,1H3;1-2H3/t20?,21-;/m0./s1. The van der Waals surface area contributed by atoms with Crippen LogP contribution in [0.25, 0.3) is 0 Å². The highest BCUT2D eigenvalue weighted by Gasteiger charge is 2.37. The number of ether oxygens (including phenoxy) is 2. The van der Waals surface area contributed by atoms with Crippen molar-refractivity contribution in [3.8, 4) is 0 Å². The number of rotatable bonds is 11. The van der Waals surface area contributed by atoms with Crippen molar-refractivity contribution in [2.75, 3.05) is 13.2 Å². The van der Waals surface area contributed by atoms with Crippen molar-refractivity contribution >= 4 is 5.78 Å². The second-order valence-corrected chi connectivity index (χ2v) is 7.63. The molecule has 1 N–H and O–H groups in total. The van der Waals surface area contributed by atoms with E-state index in [-0.39, 0.29) is 25.5 Å². The van der Waals surface area contributed by atoms with E-state index < -0.39 is 66.1 Å². The molecule has 0 fully saturated rings. The average molecular weight is 526 g/mol. The molecule has 0 amide bonds. The number of hydrogen-bond donors (Lipinski definition) is 1. The molecule has 0 saturated heterocycles. The number of carbonyl (C=O) groups excluding carboxylic acids is 1. The van der Waals surface area contributed by atoms with E-state index in [4.69, 9.17) is 9.47 Å². The van der Waals surface area contributed by atoms with Crippen LogP contribution in [0.15, 0.2) is 42.5 Å². The van der Waals surface area contributed by atoms with E-state index in [0.717, 1.165) is 12.1 Å². The molecule has 36 heavy (non-hydrogen) atoms. The van der Waals surface area contributed by atoms with Gasteiger partial charge in [-0.15, -0.1) is 0 Å². The summed E-state index contributed by atoms with van der Waals surface area (Å²) in [7, 11) is 0. The maximum atomic E-state index is 13.4. The van der Waals surface area contributed by atoms with Gasteiger partial charge in [0.2, 0.25) is 0 Å². The quantitative estimate of drug-likeness (QED) is 0.256. The molecule has 2 aromatic rings. The van der Waals surface area contributed by atoms with Crippen molar-refractivity contribution in [3.05, 3.63) is 70.5 Å². The molecule has 0 aliphatic heterocycles. The number of Topliss-reactive ketones (excluding diaryl/α,β-unsaturated/α-hetero) is 1. The second-order valence-electron chi connectivity index (χ2n) is 7.63. The van der Waals surface area contributed by atoms with Gasteiger partial charge in [0.25, 0.3) is 0 Å². The first-order chi connectivity index (χ1) is 16.8. The summed E-state index contributed by atoms with van der Waals surface area (Å²) in [5.74, 6) is -1.62. The largest absolute Gasteiger partial charge is 0.416 e. The second kappa shape index (κ2) is 14.3. The Morgan fingerprint density at radius 1 is 0.917 bits per heavy atom. The van der Waals surface area contributed by atoms with Gasteiger partial charge in [0.15, 0.2) is 12.1 Å². The van der Waals surface area contributed by atoms with Crippen molar-refractivity contribution in [2.45, 2.75) is 64.8 Å². The summed E-state index contributed by atoms with van der Waals surface area (Å²) in [6.45, 7) is 3.88. The Hall–Kier alpha value is -2.50. The van der Waals surface area contributed by atoms with E-state index in [2.05, 4.69) is 0 Å². The van der Waals surface area contributed by atoms with Crippen LogP contribution >= 0.6 is 0 Å². The molecule has 0 aliphatic carbocycles. The summed E-state index contributed by atoms with van der Waals surface area (Å²) >= 11 is 0. The molecule has 11 heteroatoms. The van der Waals surface area contributed by atoms with Gasteiger partial charge in [0.05, 0.1) is 17.7 Å². The normalized spacial score (nSPS) is 13.5. The van der Waals surface area contributed by atoms with Crippen molar-refractivity contribution in [1.29, 1.82) is 0 Å². The smallest absolute Gasteiger partial charge is 0.396 e. The summed E-state index contributed by atoms with van der Waals surface area (Å²) in [6.07, 6.45) is -10.8. The predicted molar refractivity (Wildman–Crippen MR) is 118 cm³/mol. The lowest BCUT2D eigenvalue weighted by Crippen LogP contribution is -2.28. The lowest BCUT2D eigenvalue weighted by atomic mass is 9.93. The third-order valence-electron chi connectivity index (χ3n) is 4.81. The number of aliphatic hydroxyl groups excluding tert-OH is 1. The zero-order chi connectivity index (χ0) is 27.5. The highest BCUT2D eigenvalue weighted by atomic mass is 19.4. The molecule has 4 nitrogen and oxygen atoms in total. The number of benzene rings is 2. The monoisotopic (exact) mass is 526 g/mol. The SMILES string of the molecule is CC.CC(=O)CO[C@@H](OCc1cc(C(F)(F)F)cc(C(F)(F)F)c1)C(CCCO)c1ccc(F)cc1. The van der Waals surface area contributed by atoms with Crippen LogP contribution in [0.2, 0.25) is 0 Å². The molecule has 2 rings (SSSR count). The minimum Gasteiger partial charge on any atom is -0.396 e. The van der Waals surface area contributed by atoms with Crippen LogP contribution < -0.4 is 0 Å². The molecule has 0 bridgehead atoms. The average Bonchev–Trinajstić information content (AvgIpc) is 2.81. The zero-order valence-corrected chi connectivity index (χ0v) is 20.0. The van der Waals surface area contributed by atoms with Gasteiger partial charge in [-0.25, -0.2) is 4.39 Å². The molecule has 0 saturated carbocycles. The number of alkyl halides is 6. The Morgan fingerprint density at radius 3 is 1.89 bits per heavy atom. The molecular weight excluding hydrogens is 497 g/mol. The van der Waals surface area contributed by atoms with Gasteiger partial charge in [-0.3, -0.25) is 4.79 Å². The highest BCUT2D eigenvalue weighted by molar-refractivity contribution is 5.76. The van der Waals surface area contributed by atoms with E-state index in [1.807, 2.05) is 13.8 Å². The van der Waals surface area contributed by atoms with E-state index in [0.29, 0.717) is 17.7 Å². The molecule has 0 aliphatic rings. The molecule has 2 aromatic carbocycles.